The Bertz CT molecular complexity index is 341. The number of carbonyl (C=O) groups is 1. The number of anilines is 1. The van der Waals surface area contributed by atoms with E-state index < -0.39 is 12.0 Å². The summed E-state index contributed by atoms with van der Waals surface area (Å²) in [5, 5.41) is 14.5. The van der Waals surface area contributed by atoms with Gasteiger partial charge in [-0.1, -0.05) is 0 Å². The van der Waals surface area contributed by atoms with Crippen molar-refractivity contribution < 1.29 is 14.6 Å². The maximum absolute atomic E-state index is 11.0. The van der Waals surface area contributed by atoms with Crippen LogP contribution >= 0.6 is 11.3 Å². The van der Waals surface area contributed by atoms with Crippen molar-refractivity contribution in [2.45, 2.75) is 25.8 Å². The molecule has 6 heteroatoms. The number of aryl methyl sites for hydroxylation is 1. The SMILES string of the molecule is COCCCC(Nc1nc(C)cs1)C(=O)O. The maximum Gasteiger partial charge on any atom is 0.326 e. The minimum atomic E-state index is -0.857. The van der Waals surface area contributed by atoms with Crippen molar-refractivity contribution in [3.8, 4) is 0 Å². The summed E-state index contributed by atoms with van der Waals surface area (Å²) >= 11 is 1.42. The number of aliphatic carboxylic acids is 1. The predicted octanol–water partition coefficient (Wildman–Crippen LogP) is 1.74. The smallest absolute Gasteiger partial charge is 0.326 e. The van der Waals surface area contributed by atoms with Crippen LogP contribution in [0.2, 0.25) is 0 Å². The molecule has 1 rings (SSSR count). The number of methoxy groups -OCH3 is 1. The number of nitrogens with zero attached hydrogens (tertiary/aromatic N) is 1. The van der Waals surface area contributed by atoms with Gasteiger partial charge in [-0.05, 0) is 19.8 Å². The highest BCUT2D eigenvalue weighted by molar-refractivity contribution is 7.13. The Morgan fingerprint density at radius 3 is 3.00 bits per heavy atom. The molecule has 0 aliphatic carbocycles. The lowest BCUT2D eigenvalue weighted by molar-refractivity contribution is -0.138. The first-order chi connectivity index (χ1) is 7.63. The molecule has 0 aliphatic heterocycles. The van der Waals surface area contributed by atoms with Gasteiger partial charge in [-0.25, -0.2) is 9.78 Å². The molecule has 0 saturated heterocycles. The molecular formula is C10H16N2O3S. The molecule has 0 fully saturated rings. The van der Waals surface area contributed by atoms with E-state index in [9.17, 15) is 4.79 Å². The summed E-state index contributed by atoms with van der Waals surface area (Å²) in [5.41, 5.74) is 0.897. The monoisotopic (exact) mass is 244 g/mol. The molecule has 90 valence electrons. The largest absolute Gasteiger partial charge is 0.480 e. The maximum atomic E-state index is 11.0. The molecule has 5 nitrogen and oxygen atoms in total. The summed E-state index contributed by atoms with van der Waals surface area (Å²) in [7, 11) is 1.60. The highest BCUT2D eigenvalue weighted by Gasteiger charge is 2.17. The van der Waals surface area contributed by atoms with Gasteiger partial charge < -0.3 is 15.2 Å². The molecule has 0 amide bonds. The third kappa shape index (κ3) is 4.16. The summed E-state index contributed by atoms with van der Waals surface area (Å²) < 4.78 is 4.89. The van der Waals surface area contributed by atoms with E-state index in [1.165, 1.54) is 11.3 Å². The number of hydrogen-bond donors (Lipinski definition) is 2. The van der Waals surface area contributed by atoms with E-state index >= 15 is 0 Å². The molecule has 1 aromatic heterocycles. The van der Waals surface area contributed by atoms with Crippen LogP contribution in [0.5, 0.6) is 0 Å². The van der Waals surface area contributed by atoms with Crippen LogP contribution < -0.4 is 5.32 Å². The lowest BCUT2D eigenvalue weighted by atomic mass is 10.1. The Labute approximate surface area is 98.5 Å². The Balaban J connectivity index is 2.47. The van der Waals surface area contributed by atoms with E-state index in [0.717, 1.165) is 5.69 Å². The second-order valence-electron chi connectivity index (χ2n) is 3.46. The Kier molecular flexibility index (Phi) is 5.21. The molecule has 1 atom stereocenters. The van der Waals surface area contributed by atoms with Crippen LogP contribution in [-0.2, 0) is 9.53 Å². The summed E-state index contributed by atoms with van der Waals surface area (Å²) in [4.78, 5) is 15.2. The van der Waals surface area contributed by atoms with Gasteiger partial charge in [0.1, 0.15) is 6.04 Å². The zero-order chi connectivity index (χ0) is 12.0. The van der Waals surface area contributed by atoms with Gasteiger partial charge in [-0.3, -0.25) is 0 Å². The van der Waals surface area contributed by atoms with Crippen LogP contribution in [0.25, 0.3) is 0 Å². The molecule has 0 radical (unpaired) electrons. The van der Waals surface area contributed by atoms with Crippen LogP contribution in [0.15, 0.2) is 5.38 Å². The zero-order valence-corrected chi connectivity index (χ0v) is 10.2. The average Bonchev–Trinajstić information content (AvgIpc) is 2.63. The molecule has 0 spiro atoms. The van der Waals surface area contributed by atoms with Gasteiger partial charge >= 0.3 is 5.97 Å². The zero-order valence-electron chi connectivity index (χ0n) is 9.40. The van der Waals surface area contributed by atoms with E-state index in [2.05, 4.69) is 10.3 Å². The summed E-state index contributed by atoms with van der Waals surface area (Å²) in [5.74, 6) is -0.857. The number of carboxylic acids is 1. The number of hydrogen-bond acceptors (Lipinski definition) is 5. The topological polar surface area (TPSA) is 71.5 Å². The normalized spacial score (nSPS) is 12.4. The Morgan fingerprint density at radius 2 is 2.50 bits per heavy atom. The van der Waals surface area contributed by atoms with E-state index in [1.54, 1.807) is 7.11 Å². The summed E-state index contributed by atoms with van der Waals surface area (Å²) in [6.45, 7) is 2.45. The van der Waals surface area contributed by atoms with Gasteiger partial charge in [-0.15, -0.1) is 11.3 Å². The van der Waals surface area contributed by atoms with Crippen LogP contribution in [0.1, 0.15) is 18.5 Å². The number of ether oxygens (including phenoxy) is 1. The van der Waals surface area contributed by atoms with E-state index in [4.69, 9.17) is 9.84 Å². The highest BCUT2D eigenvalue weighted by Crippen LogP contribution is 2.16. The van der Waals surface area contributed by atoms with Gasteiger partial charge in [0.25, 0.3) is 0 Å². The Hall–Kier alpha value is -1.14. The number of nitrogens with one attached hydrogen (secondary N) is 1. The number of thiazole rings is 1. The highest BCUT2D eigenvalue weighted by atomic mass is 32.1. The molecule has 0 aromatic carbocycles. The van der Waals surface area contributed by atoms with E-state index in [1.807, 2.05) is 12.3 Å². The molecule has 1 aromatic rings. The fourth-order valence-electron chi connectivity index (χ4n) is 1.26. The molecule has 16 heavy (non-hydrogen) atoms. The van der Waals surface area contributed by atoms with Gasteiger partial charge in [0, 0.05) is 19.1 Å². The van der Waals surface area contributed by atoms with Crippen LogP contribution in [0, 0.1) is 6.92 Å². The molecule has 0 bridgehead atoms. The lowest BCUT2D eigenvalue weighted by Gasteiger charge is -2.12. The van der Waals surface area contributed by atoms with Crippen molar-refractivity contribution in [1.29, 1.82) is 0 Å². The quantitative estimate of drug-likeness (QED) is 0.715. The number of aromatic nitrogens is 1. The van der Waals surface area contributed by atoms with Crippen molar-refractivity contribution in [2.75, 3.05) is 19.0 Å². The van der Waals surface area contributed by atoms with Gasteiger partial charge in [0.2, 0.25) is 0 Å². The second kappa shape index (κ2) is 6.44. The number of rotatable bonds is 7. The molecule has 2 N–H and O–H groups in total. The van der Waals surface area contributed by atoms with Gasteiger partial charge in [0.15, 0.2) is 5.13 Å². The minimum Gasteiger partial charge on any atom is -0.480 e. The van der Waals surface area contributed by atoms with Gasteiger partial charge in [0.05, 0.1) is 5.69 Å². The predicted molar refractivity (Wildman–Crippen MR) is 63.0 cm³/mol. The van der Waals surface area contributed by atoms with Crippen molar-refractivity contribution in [3.63, 3.8) is 0 Å². The van der Waals surface area contributed by atoms with Crippen molar-refractivity contribution in [2.24, 2.45) is 0 Å². The first-order valence-electron chi connectivity index (χ1n) is 5.04. The van der Waals surface area contributed by atoms with Crippen LogP contribution in [0.3, 0.4) is 0 Å². The molecule has 1 unspecified atom stereocenters. The number of carboxylic acid groups (broad SMARTS) is 1. The van der Waals surface area contributed by atoms with Crippen LogP contribution in [-0.4, -0.2) is 35.8 Å². The standard InChI is InChI=1S/C10H16N2O3S/c1-7-6-16-10(11-7)12-8(9(13)14)4-3-5-15-2/h6,8H,3-5H2,1-2H3,(H,11,12)(H,13,14). The summed E-state index contributed by atoms with van der Waals surface area (Å²) in [6.07, 6.45) is 1.24. The third-order valence-corrected chi connectivity index (χ3v) is 2.95. The van der Waals surface area contributed by atoms with E-state index in [-0.39, 0.29) is 0 Å². The molecule has 0 saturated carbocycles. The summed E-state index contributed by atoms with van der Waals surface area (Å²) in [6, 6.07) is -0.597. The first kappa shape index (κ1) is 12.9. The van der Waals surface area contributed by atoms with E-state index in [0.29, 0.717) is 24.6 Å². The molecule has 1 heterocycles. The lowest BCUT2D eigenvalue weighted by Crippen LogP contribution is -2.29. The third-order valence-electron chi connectivity index (χ3n) is 2.06. The minimum absolute atomic E-state index is 0.530. The van der Waals surface area contributed by atoms with Crippen molar-refractivity contribution in [3.05, 3.63) is 11.1 Å². The average molecular weight is 244 g/mol. The first-order valence-corrected chi connectivity index (χ1v) is 5.92. The molecular weight excluding hydrogens is 228 g/mol. The fourth-order valence-corrected chi connectivity index (χ4v) is 2.00. The van der Waals surface area contributed by atoms with Gasteiger partial charge in [-0.2, -0.15) is 0 Å². The fraction of sp³-hybridized carbons (Fsp3) is 0.600. The molecule has 0 aliphatic rings. The van der Waals surface area contributed by atoms with Crippen LogP contribution in [0.4, 0.5) is 5.13 Å². The van der Waals surface area contributed by atoms with Crippen molar-refractivity contribution >= 4 is 22.4 Å². The Morgan fingerprint density at radius 1 is 1.75 bits per heavy atom. The second-order valence-corrected chi connectivity index (χ2v) is 4.32. The van der Waals surface area contributed by atoms with Crippen molar-refractivity contribution in [1.82, 2.24) is 4.98 Å².